The normalized spacial score (nSPS) is 19.2. The molecule has 2 aliphatic heterocycles. The summed E-state index contributed by atoms with van der Waals surface area (Å²) in [6.07, 6.45) is 0. The van der Waals surface area contributed by atoms with Crippen molar-refractivity contribution >= 4 is 32.4 Å². The molecule has 0 aromatic heterocycles. The van der Waals surface area contributed by atoms with E-state index in [-0.39, 0.29) is 12.5 Å². The van der Waals surface area contributed by atoms with Gasteiger partial charge < -0.3 is 4.90 Å². The van der Waals surface area contributed by atoms with Crippen molar-refractivity contribution in [1.29, 1.82) is 0 Å². The van der Waals surface area contributed by atoms with E-state index in [1.807, 2.05) is 18.2 Å². The number of hydrogen-bond acceptors (Lipinski definition) is 4. The summed E-state index contributed by atoms with van der Waals surface area (Å²) in [5, 5.41) is 1.60. The Morgan fingerprint density at radius 2 is 1.70 bits per heavy atom. The lowest BCUT2D eigenvalue weighted by molar-refractivity contribution is -0.131. The number of rotatable bonds is 4. The highest BCUT2D eigenvalue weighted by molar-refractivity contribution is 7.93. The van der Waals surface area contributed by atoms with Gasteiger partial charge in [0.15, 0.2) is 0 Å². The minimum Gasteiger partial charge on any atom is -0.339 e. The molecule has 1 fully saturated rings. The lowest BCUT2D eigenvalue weighted by Crippen LogP contribution is -2.52. The number of benzene rings is 2. The van der Waals surface area contributed by atoms with E-state index in [0.29, 0.717) is 29.6 Å². The number of hydrogen-bond donors (Lipinski definition) is 0. The van der Waals surface area contributed by atoms with Crippen LogP contribution in [0.5, 0.6) is 0 Å². The molecular weight excluding hydrogens is 362 g/mol. The number of anilines is 1. The molecule has 0 spiro atoms. The second-order valence-corrected chi connectivity index (χ2v) is 9.55. The van der Waals surface area contributed by atoms with Crippen molar-refractivity contribution in [2.24, 2.45) is 5.92 Å². The molecule has 6 nitrogen and oxygen atoms in total. The second-order valence-electron chi connectivity index (χ2n) is 7.72. The number of piperazine rings is 1. The average molecular weight is 388 g/mol. The van der Waals surface area contributed by atoms with Gasteiger partial charge in [0.05, 0.1) is 10.6 Å². The van der Waals surface area contributed by atoms with E-state index in [1.165, 1.54) is 4.31 Å². The molecule has 7 heteroatoms. The molecule has 1 amide bonds. The molecule has 2 aromatic rings. The highest BCUT2D eigenvalue weighted by Crippen LogP contribution is 2.41. The molecule has 4 rings (SSSR count). The third-order valence-electron chi connectivity index (χ3n) is 5.31. The van der Waals surface area contributed by atoms with Crippen LogP contribution >= 0.6 is 0 Å². The summed E-state index contributed by atoms with van der Waals surface area (Å²) >= 11 is 0. The summed E-state index contributed by atoms with van der Waals surface area (Å²) < 4.78 is 27.3. The Morgan fingerprint density at radius 3 is 2.37 bits per heavy atom. The van der Waals surface area contributed by atoms with Crippen molar-refractivity contribution in [2.45, 2.75) is 18.7 Å². The van der Waals surface area contributed by atoms with Gasteiger partial charge in [-0.3, -0.25) is 14.0 Å². The van der Waals surface area contributed by atoms with E-state index in [2.05, 4.69) is 18.7 Å². The summed E-state index contributed by atoms with van der Waals surface area (Å²) in [6.45, 7) is 8.24. The summed E-state index contributed by atoms with van der Waals surface area (Å²) in [4.78, 5) is 17.3. The van der Waals surface area contributed by atoms with Crippen molar-refractivity contribution in [3.63, 3.8) is 0 Å². The zero-order valence-electron chi connectivity index (χ0n) is 15.8. The van der Waals surface area contributed by atoms with Crippen molar-refractivity contribution in [3.05, 3.63) is 36.4 Å². The quantitative estimate of drug-likeness (QED) is 0.807. The minimum absolute atomic E-state index is 0.132. The van der Waals surface area contributed by atoms with Gasteiger partial charge in [-0.2, -0.15) is 0 Å². The SMILES string of the molecule is CC(C)CN1CCN(C(=O)CN2c3cccc4cccc(c34)S2(=O)=O)CC1. The average Bonchev–Trinajstić information content (AvgIpc) is 2.85. The number of carbonyl (C=O) groups is 1. The fourth-order valence-corrected chi connectivity index (χ4v) is 5.71. The van der Waals surface area contributed by atoms with Gasteiger partial charge >= 0.3 is 0 Å². The number of carbonyl (C=O) groups excluding carboxylic acids is 1. The van der Waals surface area contributed by atoms with Gasteiger partial charge in [-0.1, -0.05) is 38.1 Å². The minimum atomic E-state index is -3.68. The molecule has 0 unspecified atom stereocenters. The number of nitrogens with zero attached hydrogens (tertiary/aromatic N) is 3. The maximum Gasteiger partial charge on any atom is 0.265 e. The first-order valence-electron chi connectivity index (χ1n) is 9.42. The lowest BCUT2D eigenvalue weighted by Gasteiger charge is -2.36. The number of amides is 1. The summed E-state index contributed by atoms with van der Waals surface area (Å²) in [6, 6.07) is 10.8. The predicted molar refractivity (Wildman–Crippen MR) is 106 cm³/mol. The lowest BCUT2D eigenvalue weighted by atomic mass is 10.1. The van der Waals surface area contributed by atoms with Crippen LogP contribution in [0.4, 0.5) is 5.69 Å². The van der Waals surface area contributed by atoms with Gasteiger partial charge in [-0.05, 0) is 23.4 Å². The highest BCUT2D eigenvalue weighted by Gasteiger charge is 2.37. The van der Waals surface area contributed by atoms with E-state index < -0.39 is 10.0 Å². The first-order valence-corrected chi connectivity index (χ1v) is 10.9. The first-order chi connectivity index (χ1) is 12.9. The van der Waals surface area contributed by atoms with Crippen LogP contribution in [0, 0.1) is 5.92 Å². The molecule has 144 valence electrons. The zero-order chi connectivity index (χ0) is 19.2. The largest absolute Gasteiger partial charge is 0.339 e. The molecule has 0 saturated carbocycles. The second kappa shape index (κ2) is 6.80. The Hall–Kier alpha value is -2.12. The van der Waals surface area contributed by atoms with Crippen LogP contribution in [0.15, 0.2) is 41.3 Å². The fraction of sp³-hybridized carbons (Fsp3) is 0.450. The van der Waals surface area contributed by atoms with E-state index in [1.54, 1.807) is 23.1 Å². The van der Waals surface area contributed by atoms with Gasteiger partial charge in [0.1, 0.15) is 6.54 Å². The molecule has 0 N–H and O–H groups in total. The molecule has 0 aliphatic carbocycles. The molecule has 1 saturated heterocycles. The Labute approximate surface area is 160 Å². The van der Waals surface area contributed by atoms with E-state index in [0.717, 1.165) is 30.4 Å². The maximum atomic E-state index is 13.0. The van der Waals surface area contributed by atoms with E-state index >= 15 is 0 Å². The first kappa shape index (κ1) is 18.3. The Bertz CT molecular complexity index is 974. The third kappa shape index (κ3) is 3.19. The van der Waals surface area contributed by atoms with Gasteiger partial charge in [0.25, 0.3) is 10.0 Å². The zero-order valence-corrected chi connectivity index (χ0v) is 16.6. The molecular formula is C20H25N3O3S. The van der Waals surface area contributed by atoms with Gasteiger partial charge in [-0.15, -0.1) is 0 Å². The van der Waals surface area contributed by atoms with Crippen molar-refractivity contribution < 1.29 is 13.2 Å². The van der Waals surface area contributed by atoms with Crippen molar-refractivity contribution in [1.82, 2.24) is 9.80 Å². The van der Waals surface area contributed by atoms with Crippen LogP contribution < -0.4 is 4.31 Å². The monoisotopic (exact) mass is 387 g/mol. The Kier molecular flexibility index (Phi) is 4.60. The van der Waals surface area contributed by atoms with Crippen LogP contribution in [-0.4, -0.2) is 63.4 Å². The van der Waals surface area contributed by atoms with Gasteiger partial charge in [0, 0.05) is 38.1 Å². The van der Waals surface area contributed by atoms with Crippen molar-refractivity contribution in [2.75, 3.05) is 43.6 Å². The van der Waals surface area contributed by atoms with E-state index in [9.17, 15) is 13.2 Å². The predicted octanol–water partition coefficient (Wildman–Crippen LogP) is 2.15. The summed E-state index contributed by atoms with van der Waals surface area (Å²) in [5.74, 6) is 0.466. The molecule has 0 bridgehead atoms. The fourth-order valence-electron chi connectivity index (χ4n) is 4.05. The van der Waals surface area contributed by atoms with E-state index in [4.69, 9.17) is 0 Å². The van der Waals surface area contributed by atoms with Crippen LogP contribution in [0.1, 0.15) is 13.8 Å². The molecule has 27 heavy (non-hydrogen) atoms. The van der Waals surface area contributed by atoms with Gasteiger partial charge in [-0.25, -0.2) is 8.42 Å². The highest BCUT2D eigenvalue weighted by atomic mass is 32.2. The third-order valence-corrected chi connectivity index (χ3v) is 7.11. The Balaban J connectivity index is 1.52. The topological polar surface area (TPSA) is 60.9 Å². The maximum absolute atomic E-state index is 13.0. The smallest absolute Gasteiger partial charge is 0.265 e. The molecule has 0 atom stereocenters. The summed E-state index contributed by atoms with van der Waals surface area (Å²) in [5.41, 5.74) is 0.606. The van der Waals surface area contributed by atoms with Crippen molar-refractivity contribution in [3.8, 4) is 0 Å². The molecule has 2 aliphatic rings. The van der Waals surface area contributed by atoms with Crippen LogP contribution in [0.2, 0.25) is 0 Å². The van der Waals surface area contributed by atoms with Crippen LogP contribution in [0.25, 0.3) is 10.8 Å². The molecule has 2 heterocycles. The molecule has 2 aromatic carbocycles. The van der Waals surface area contributed by atoms with Gasteiger partial charge in [0.2, 0.25) is 5.91 Å². The standard InChI is InChI=1S/C20H25N3O3S/c1-15(2)13-21-9-11-22(12-10-21)19(24)14-23-17-7-3-5-16-6-4-8-18(20(16)17)27(23,25)26/h3-8,15H,9-14H2,1-2H3. The number of sulfonamides is 1. The van der Waals surface area contributed by atoms with Crippen LogP contribution in [0.3, 0.4) is 0 Å². The Morgan fingerprint density at radius 1 is 1.04 bits per heavy atom. The van der Waals surface area contributed by atoms with Crippen LogP contribution in [-0.2, 0) is 14.8 Å². The molecule has 0 radical (unpaired) electrons. The summed E-state index contributed by atoms with van der Waals surface area (Å²) in [7, 11) is -3.68.